The molecule has 2 rings (SSSR count). The standard InChI is InChI=1S/C14H15NOS2/c1-3-17-13-6-4-11(5-7-13)14(16)8-12-9-18-10(2)15-12/h4-7,9H,3,8H2,1-2H3. The van der Waals surface area contributed by atoms with E-state index in [1.54, 1.807) is 23.1 Å². The maximum absolute atomic E-state index is 12.1. The zero-order valence-electron chi connectivity index (χ0n) is 10.5. The van der Waals surface area contributed by atoms with Crippen molar-refractivity contribution in [2.24, 2.45) is 0 Å². The summed E-state index contributed by atoms with van der Waals surface area (Å²) in [6.07, 6.45) is 0.393. The number of rotatable bonds is 5. The molecule has 1 heterocycles. The van der Waals surface area contributed by atoms with Crippen LogP contribution in [0.5, 0.6) is 0 Å². The molecule has 2 nitrogen and oxygen atoms in total. The van der Waals surface area contributed by atoms with Crippen molar-refractivity contribution in [2.45, 2.75) is 25.2 Å². The molecule has 0 aliphatic carbocycles. The van der Waals surface area contributed by atoms with Crippen molar-refractivity contribution in [3.05, 3.63) is 45.9 Å². The van der Waals surface area contributed by atoms with Gasteiger partial charge in [-0.1, -0.05) is 19.1 Å². The smallest absolute Gasteiger partial charge is 0.168 e. The van der Waals surface area contributed by atoms with Crippen LogP contribution in [0.1, 0.15) is 28.0 Å². The molecule has 0 aliphatic rings. The number of thioether (sulfide) groups is 1. The number of ketones is 1. The predicted octanol–water partition coefficient (Wildman–Crippen LogP) is 3.99. The minimum Gasteiger partial charge on any atom is -0.294 e. The van der Waals surface area contributed by atoms with Crippen LogP contribution in [0.25, 0.3) is 0 Å². The number of thiazole rings is 1. The second-order valence-corrected chi connectivity index (χ2v) is 6.31. The van der Waals surface area contributed by atoms with Crippen LogP contribution in [0.4, 0.5) is 0 Å². The molecule has 2 aromatic rings. The van der Waals surface area contributed by atoms with Gasteiger partial charge in [0, 0.05) is 15.8 Å². The number of hydrogen-bond donors (Lipinski definition) is 0. The molecule has 0 fully saturated rings. The van der Waals surface area contributed by atoms with Crippen LogP contribution in [-0.4, -0.2) is 16.5 Å². The Morgan fingerprint density at radius 1 is 1.33 bits per heavy atom. The summed E-state index contributed by atoms with van der Waals surface area (Å²) in [6, 6.07) is 7.82. The van der Waals surface area contributed by atoms with Crippen LogP contribution in [0.15, 0.2) is 34.5 Å². The van der Waals surface area contributed by atoms with Crippen molar-refractivity contribution >= 4 is 28.9 Å². The topological polar surface area (TPSA) is 30.0 Å². The summed E-state index contributed by atoms with van der Waals surface area (Å²) in [4.78, 5) is 17.6. The van der Waals surface area contributed by atoms with Gasteiger partial charge in [0.25, 0.3) is 0 Å². The first kappa shape index (κ1) is 13.3. The van der Waals surface area contributed by atoms with Gasteiger partial charge in [-0.15, -0.1) is 23.1 Å². The number of benzene rings is 1. The van der Waals surface area contributed by atoms with Gasteiger partial charge in [-0.2, -0.15) is 0 Å². The molecule has 94 valence electrons. The lowest BCUT2D eigenvalue weighted by molar-refractivity contribution is 0.0992. The zero-order chi connectivity index (χ0) is 13.0. The highest BCUT2D eigenvalue weighted by molar-refractivity contribution is 7.99. The average Bonchev–Trinajstić information content (AvgIpc) is 2.76. The van der Waals surface area contributed by atoms with Gasteiger partial charge >= 0.3 is 0 Å². The third-order valence-corrected chi connectivity index (χ3v) is 4.21. The van der Waals surface area contributed by atoms with E-state index in [4.69, 9.17) is 0 Å². The fourth-order valence-corrected chi connectivity index (χ4v) is 2.93. The summed E-state index contributed by atoms with van der Waals surface area (Å²) in [5.41, 5.74) is 1.63. The molecule has 18 heavy (non-hydrogen) atoms. The van der Waals surface area contributed by atoms with Crippen LogP contribution in [-0.2, 0) is 6.42 Å². The number of hydrogen-bond acceptors (Lipinski definition) is 4. The van der Waals surface area contributed by atoms with E-state index in [-0.39, 0.29) is 5.78 Å². The van der Waals surface area contributed by atoms with E-state index in [0.29, 0.717) is 6.42 Å². The largest absolute Gasteiger partial charge is 0.294 e. The van der Waals surface area contributed by atoms with Gasteiger partial charge in [-0.05, 0) is 24.8 Å². The van der Waals surface area contributed by atoms with Crippen molar-refractivity contribution in [1.29, 1.82) is 0 Å². The van der Waals surface area contributed by atoms with Crippen molar-refractivity contribution in [2.75, 3.05) is 5.75 Å². The molecular weight excluding hydrogens is 262 g/mol. The molecule has 0 amide bonds. The lowest BCUT2D eigenvalue weighted by atomic mass is 10.1. The fourth-order valence-electron chi connectivity index (χ4n) is 1.66. The quantitative estimate of drug-likeness (QED) is 0.611. The number of aromatic nitrogens is 1. The molecule has 1 aromatic carbocycles. The third kappa shape index (κ3) is 3.43. The van der Waals surface area contributed by atoms with E-state index in [9.17, 15) is 4.79 Å². The first-order valence-electron chi connectivity index (χ1n) is 5.86. The van der Waals surface area contributed by atoms with E-state index in [0.717, 1.165) is 22.0 Å². The van der Waals surface area contributed by atoms with E-state index < -0.39 is 0 Å². The van der Waals surface area contributed by atoms with Gasteiger partial charge in [-0.3, -0.25) is 4.79 Å². The van der Waals surface area contributed by atoms with Crippen LogP contribution < -0.4 is 0 Å². The van der Waals surface area contributed by atoms with E-state index in [2.05, 4.69) is 11.9 Å². The summed E-state index contributed by atoms with van der Waals surface area (Å²) in [6.45, 7) is 4.07. The molecule has 0 radical (unpaired) electrons. The molecule has 1 aromatic heterocycles. The second-order valence-electron chi connectivity index (χ2n) is 3.92. The molecule has 0 saturated heterocycles. The molecule has 0 aliphatic heterocycles. The average molecular weight is 277 g/mol. The maximum Gasteiger partial charge on any atom is 0.168 e. The van der Waals surface area contributed by atoms with Gasteiger partial charge in [0.15, 0.2) is 5.78 Å². The normalized spacial score (nSPS) is 10.6. The minimum atomic E-state index is 0.133. The minimum absolute atomic E-state index is 0.133. The number of Topliss-reactive ketones (excluding diaryl/α,β-unsaturated/α-hetero) is 1. The summed E-state index contributed by atoms with van der Waals surface area (Å²) in [7, 11) is 0. The Kier molecular flexibility index (Phi) is 4.55. The van der Waals surface area contributed by atoms with Gasteiger partial charge < -0.3 is 0 Å². The number of carbonyl (C=O) groups is 1. The van der Waals surface area contributed by atoms with Crippen molar-refractivity contribution in [1.82, 2.24) is 4.98 Å². The SMILES string of the molecule is CCSc1ccc(C(=O)Cc2csc(C)n2)cc1. The molecular formula is C14H15NOS2. The summed E-state index contributed by atoms with van der Waals surface area (Å²) >= 11 is 3.36. The molecule has 4 heteroatoms. The van der Waals surface area contributed by atoms with Crippen LogP contribution in [0.2, 0.25) is 0 Å². The molecule has 0 unspecified atom stereocenters. The van der Waals surface area contributed by atoms with Crippen LogP contribution in [0, 0.1) is 6.92 Å². The highest BCUT2D eigenvalue weighted by Crippen LogP contribution is 2.18. The first-order chi connectivity index (χ1) is 8.69. The molecule has 0 spiro atoms. The number of nitrogens with zero attached hydrogens (tertiary/aromatic N) is 1. The Morgan fingerprint density at radius 3 is 2.61 bits per heavy atom. The van der Waals surface area contributed by atoms with Gasteiger partial charge in [0.05, 0.1) is 17.1 Å². The second kappa shape index (κ2) is 6.16. The van der Waals surface area contributed by atoms with Gasteiger partial charge in [0.1, 0.15) is 0 Å². The number of carbonyl (C=O) groups excluding carboxylic acids is 1. The Labute approximate surface area is 115 Å². The molecule has 0 N–H and O–H groups in total. The van der Waals surface area contributed by atoms with Gasteiger partial charge in [-0.25, -0.2) is 4.98 Å². The predicted molar refractivity (Wildman–Crippen MR) is 77.7 cm³/mol. The third-order valence-electron chi connectivity index (χ3n) is 2.50. The van der Waals surface area contributed by atoms with E-state index in [1.165, 1.54) is 4.90 Å². The van der Waals surface area contributed by atoms with Crippen LogP contribution >= 0.6 is 23.1 Å². The van der Waals surface area contributed by atoms with E-state index in [1.807, 2.05) is 36.6 Å². The van der Waals surface area contributed by atoms with Crippen LogP contribution in [0.3, 0.4) is 0 Å². The lowest BCUT2D eigenvalue weighted by Crippen LogP contribution is -2.03. The summed E-state index contributed by atoms with van der Waals surface area (Å²) in [5.74, 6) is 1.18. The highest BCUT2D eigenvalue weighted by atomic mass is 32.2. The monoisotopic (exact) mass is 277 g/mol. The summed E-state index contributed by atoms with van der Waals surface area (Å²) in [5, 5.41) is 2.96. The Morgan fingerprint density at radius 2 is 2.06 bits per heavy atom. The molecule has 0 atom stereocenters. The molecule has 0 saturated carbocycles. The number of aryl methyl sites for hydroxylation is 1. The summed E-state index contributed by atoms with van der Waals surface area (Å²) < 4.78 is 0. The van der Waals surface area contributed by atoms with Crippen molar-refractivity contribution in [3.8, 4) is 0 Å². The van der Waals surface area contributed by atoms with Gasteiger partial charge in [0.2, 0.25) is 0 Å². The first-order valence-corrected chi connectivity index (χ1v) is 7.72. The molecule has 0 bridgehead atoms. The van der Waals surface area contributed by atoms with E-state index >= 15 is 0 Å². The van der Waals surface area contributed by atoms with Crippen molar-refractivity contribution in [3.63, 3.8) is 0 Å². The lowest BCUT2D eigenvalue weighted by Gasteiger charge is -2.01. The zero-order valence-corrected chi connectivity index (χ0v) is 12.1. The van der Waals surface area contributed by atoms with Crippen molar-refractivity contribution < 1.29 is 4.79 Å². The Balaban J connectivity index is 2.04. The Bertz CT molecular complexity index is 531. The maximum atomic E-state index is 12.1. The fraction of sp³-hybridized carbons (Fsp3) is 0.286. The highest BCUT2D eigenvalue weighted by Gasteiger charge is 2.09. The Hall–Kier alpha value is -1.13.